The summed E-state index contributed by atoms with van der Waals surface area (Å²) in [5.74, 6) is -0.513. The molecule has 0 spiro atoms. The molecule has 0 aliphatic carbocycles. The molecule has 3 nitrogen and oxygen atoms in total. The van der Waals surface area contributed by atoms with Crippen LogP contribution in [0.3, 0.4) is 0 Å². The third kappa shape index (κ3) is 3.38. The van der Waals surface area contributed by atoms with Crippen molar-refractivity contribution in [1.82, 2.24) is 9.78 Å². The summed E-state index contributed by atoms with van der Waals surface area (Å²) in [6, 6.07) is 1.04. The molecule has 0 amide bonds. The fourth-order valence-electron chi connectivity index (χ4n) is 1.70. The van der Waals surface area contributed by atoms with E-state index in [0.717, 1.165) is 0 Å². The van der Waals surface area contributed by atoms with Crippen molar-refractivity contribution < 1.29 is 26.3 Å². The Labute approximate surface area is 143 Å². The van der Waals surface area contributed by atoms with E-state index < -0.39 is 49.6 Å². The van der Waals surface area contributed by atoms with E-state index in [0.29, 0.717) is 16.8 Å². The molecular weight excluding hydrogens is 439 g/mol. The van der Waals surface area contributed by atoms with Crippen molar-refractivity contribution in [2.45, 2.75) is 12.4 Å². The van der Waals surface area contributed by atoms with Gasteiger partial charge in [0.2, 0.25) is 0 Å². The van der Waals surface area contributed by atoms with Gasteiger partial charge in [0.25, 0.3) is 0 Å². The molecule has 0 radical (unpaired) electrons. The van der Waals surface area contributed by atoms with Crippen LogP contribution in [0.4, 0.5) is 32.2 Å². The van der Waals surface area contributed by atoms with Gasteiger partial charge in [0.05, 0.1) is 20.1 Å². The number of aromatic nitrogens is 2. The number of rotatable bonds is 1. The first-order valence-electron chi connectivity index (χ1n) is 5.52. The van der Waals surface area contributed by atoms with Crippen LogP contribution in [0.25, 0.3) is 5.69 Å². The van der Waals surface area contributed by atoms with Gasteiger partial charge in [-0.05, 0) is 28.1 Å². The van der Waals surface area contributed by atoms with E-state index in [4.69, 9.17) is 28.9 Å². The van der Waals surface area contributed by atoms with E-state index in [9.17, 15) is 26.3 Å². The van der Waals surface area contributed by atoms with Gasteiger partial charge in [-0.15, -0.1) is 0 Å². The standard InChI is InChI=1S/C11H4BrCl2F6N3/c12-6-8(11(18,19)20)22-23(9(6)21)7-4(13)1-3(2-5(7)14)10(15,16)17/h1-2H,21H2. The van der Waals surface area contributed by atoms with Gasteiger partial charge in [0, 0.05) is 0 Å². The first-order valence-corrected chi connectivity index (χ1v) is 7.06. The summed E-state index contributed by atoms with van der Waals surface area (Å²) in [6.07, 6.45) is -9.55. The Morgan fingerprint density at radius 2 is 1.48 bits per heavy atom. The Morgan fingerprint density at radius 3 is 1.83 bits per heavy atom. The molecule has 0 atom stereocenters. The molecule has 1 aromatic carbocycles. The largest absolute Gasteiger partial charge is 0.436 e. The van der Waals surface area contributed by atoms with Gasteiger partial charge in [-0.2, -0.15) is 31.4 Å². The third-order valence-corrected chi connectivity index (χ3v) is 4.04. The van der Waals surface area contributed by atoms with Crippen molar-refractivity contribution in [2.75, 3.05) is 5.73 Å². The molecule has 12 heteroatoms. The number of hydrogen-bond acceptors (Lipinski definition) is 2. The fraction of sp³-hybridized carbons (Fsp3) is 0.182. The number of nitrogens with zero attached hydrogens (tertiary/aromatic N) is 2. The summed E-state index contributed by atoms with van der Waals surface area (Å²) in [5, 5.41) is 2.12. The van der Waals surface area contributed by atoms with Crippen LogP contribution < -0.4 is 5.73 Å². The Hall–Kier alpha value is -1.13. The summed E-state index contributed by atoms with van der Waals surface area (Å²) in [5.41, 5.74) is 2.60. The maximum atomic E-state index is 12.8. The molecular formula is C11H4BrCl2F6N3. The number of alkyl halides is 6. The fourth-order valence-corrected chi connectivity index (χ4v) is 2.81. The average molecular weight is 443 g/mol. The SMILES string of the molecule is Nc1c(Br)c(C(F)(F)F)nn1-c1c(Cl)cc(C(F)(F)F)cc1Cl. The lowest BCUT2D eigenvalue weighted by molar-refractivity contribution is -0.142. The maximum Gasteiger partial charge on any atom is 0.436 e. The van der Waals surface area contributed by atoms with E-state index in [1.165, 1.54) is 0 Å². The summed E-state index contributed by atoms with van der Waals surface area (Å²) >= 11 is 14.1. The van der Waals surface area contributed by atoms with Gasteiger partial charge in [-0.1, -0.05) is 23.2 Å². The van der Waals surface area contributed by atoms with Gasteiger partial charge in [0.15, 0.2) is 5.69 Å². The van der Waals surface area contributed by atoms with Crippen molar-refractivity contribution in [1.29, 1.82) is 0 Å². The Kier molecular flexibility index (Phi) is 4.55. The van der Waals surface area contributed by atoms with Crippen molar-refractivity contribution in [3.05, 3.63) is 37.9 Å². The van der Waals surface area contributed by atoms with E-state index in [2.05, 4.69) is 21.0 Å². The highest BCUT2D eigenvalue weighted by Crippen LogP contribution is 2.42. The number of anilines is 1. The minimum absolute atomic E-state index is 0.393. The van der Waals surface area contributed by atoms with Gasteiger partial charge in [0.1, 0.15) is 11.5 Å². The normalized spacial score (nSPS) is 12.7. The number of halogens is 9. The predicted molar refractivity (Wildman–Crippen MR) is 75.7 cm³/mol. The summed E-state index contributed by atoms with van der Waals surface area (Å²) in [7, 11) is 0. The van der Waals surface area contributed by atoms with E-state index in [-0.39, 0.29) is 0 Å². The van der Waals surface area contributed by atoms with Gasteiger partial charge < -0.3 is 5.73 Å². The summed E-state index contributed by atoms with van der Waals surface area (Å²) < 4.78 is 76.4. The zero-order valence-corrected chi connectivity index (χ0v) is 13.6. The smallest absolute Gasteiger partial charge is 0.383 e. The molecule has 0 saturated heterocycles. The molecule has 0 unspecified atom stereocenters. The first-order chi connectivity index (χ1) is 10.3. The van der Waals surface area contributed by atoms with Crippen molar-refractivity contribution in [3.8, 4) is 5.69 Å². The maximum absolute atomic E-state index is 12.8. The second-order valence-corrected chi connectivity index (χ2v) is 5.85. The monoisotopic (exact) mass is 441 g/mol. The highest BCUT2D eigenvalue weighted by Gasteiger charge is 2.39. The minimum Gasteiger partial charge on any atom is -0.383 e. The average Bonchev–Trinajstić information content (AvgIpc) is 2.65. The number of nitrogen functional groups attached to an aromatic ring is 1. The van der Waals surface area contributed by atoms with Crippen LogP contribution in [0.5, 0.6) is 0 Å². The molecule has 0 aliphatic heterocycles. The molecule has 23 heavy (non-hydrogen) atoms. The van der Waals surface area contributed by atoms with Crippen LogP contribution >= 0.6 is 39.1 Å². The molecule has 0 saturated carbocycles. The molecule has 1 aromatic heterocycles. The van der Waals surface area contributed by atoms with E-state index in [1.54, 1.807) is 0 Å². The lowest BCUT2D eigenvalue weighted by Gasteiger charge is -2.13. The molecule has 0 fully saturated rings. The molecule has 0 aliphatic rings. The predicted octanol–water partition coefficient (Wildman–Crippen LogP) is 5.56. The molecule has 1 heterocycles. The van der Waals surface area contributed by atoms with Crippen LogP contribution in [0.2, 0.25) is 10.0 Å². The zero-order chi connectivity index (χ0) is 17.7. The Morgan fingerprint density at radius 1 is 1.00 bits per heavy atom. The molecule has 2 N–H and O–H groups in total. The van der Waals surface area contributed by atoms with Crippen LogP contribution in [0.1, 0.15) is 11.3 Å². The van der Waals surface area contributed by atoms with Crippen LogP contribution in [0, 0.1) is 0 Å². The van der Waals surface area contributed by atoms with Gasteiger partial charge in [-0.25, -0.2) is 4.68 Å². The number of hydrogen-bond donors (Lipinski definition) is 1. The van der Waals surface area contributed by atoms with Crippen LogP contribution in [-0.4, -0.2) is 9.78 Å². The topological polar surface area (TPSA) is 43.8 Å². The number of nitrogens with two attached hydrogens (primary N) is 1. The van der Waals surface area contributed by atoms with E-state index >= 15 is 0 Å². The highest BCUT2D eigenvalue weighted by atomic mass is 79.9. The van der Waals surface area contributed by atoms with E-state index in [1.807, 2.05) is 0 Å². The lowest BCUT2D eigenvalue weighted by atomic mass is 10.2. The Bertz CT molecular complexity index is 745. The van der Waals surface area contributed by atoms with Crippen molar-refractivity contribution in [2.24, 2.45) is 0 Å². The van der Waals surface area contributed by atoms with Crippen LogP contribution in [0.15, 0.2) is 16.6 Å². The first kappa shape index (κ1) is 18.2. The molecule has 126 valence electrons. The number of benzene rings is 1. The Balaban J connectivity index is 2.69. The lowest BCUT2D eigenvalue weighted by Crippen LogP contribution is -2.10. The minimum atomic E-state index is -4.83. The zero-order valence-electron chi connectivity index (χ0n) is 10.5. The third-order valence-electron chi connectivity index (χ3n) is 2.69. The molecule has 0 bridgehead atoms. The van der Waals surface area contributed by atoms with Gasteiger partial charge >= 0.3 is 12.4 Å². The van der Waals surface area contributed by atoms with Gasteiger partial charge in [-0.3, -0.25) is 0 Å². The van der Waals surface area contributed by atoms with Crippen molar-refractivity contribution >= 4 is 44.9 Å². The molecule has 2 aromatic rings. The molecule has 2 rings (SSSR count). The quantitative estimate of drug-likeness (QED) is 0.587. The second kappa shape index (κ2) is 5.75. The highest BCUT2D eigenvalue weighted by molar-refractivity contribution is 9.10. The summed E-state index contributed by atoms with van der Waals surface area (Å²) in [6.45, 7) is 0. The van der Waals surface area contributed by atoms with Crippen LogP contribution in [-0.2, 0) is 12.4 Å². The van der Waals surface area contributed by atoms with Crippen molar-refractivity contribution in [3.63, 3.8) is 0 Å². The summed E-state index contributed by atoms with van der Waals surface area (Å²) in [4.78, 5) is 0. The second-order valence-electron chi connectivity index (χ2n) is 4.24.